The van der Waals surface area contributed by atoms with Gasteiger partial charge in [0.15, 0.2) is 0 Å². The minimum atomic E-state index is -0.416. The first kappa shape index (κ1) is 11.7. The number of aliphatic hydroxyl groups is 1. The topological polar surface area (TPSA) is 62.2 Å². The van der Waals surface area contributed by atoms with Crippen molar-refractivity contribution in [1.29, 1.82) is 0 Å². The zero-order valence-corrected chi connectivity index (χ0v) is 8.97. The Balaban J connectivity index is 2.69. The van der Waals surface area contributed by atoms with Crippen LogP contribution in [0, 0.1) is 5.92 Å². The van der Waals surface area contributed by atoms with Gasteiger partial charge in [-0.1, -0.05) is 19.9 Å². The van der Waals surface area contributed by atoms with E-state index in [2.05, 4.69) is 10.3 Å². The van der Waals surface area contributed by atoms with Gasteiger partial charge in [0.1, 0.15) is 0 Å². The summed E-state index contributed by atoms with van der Waals surface area (Å²) in [7, 11) is 0. The summed E-state index contributed by atoms with van der Waals surface area (Å²) in [5, 5.41) is 11.9. The molecule has 0 fully saturated rings. The smallest absolute Gasteiger partial charge is 0.223 e. The first-order chi connectivity index (χ1) is 7.15. The van der Waals surface area contributed by atoms with Gasteiger partial charge in [-0.2, -0.15) is 0 Å². The van der Waals surface area contributed by atoms with Crippen LogP contribution in [0.2, 0.25) is 0 Å². The lowest BCUT2D eigenvalue weighted by atomic mass is 10.1. The largest absolute Gasteiger partial charge is 0.394 e. The molecule has 1 atom stereocenters. The van der Waals surface area contributed by atoms with E-state index in [9.17, 15) is 4.79 Å². The molecule has 0 aliphatic carbocycles. The molecule has 4 heteroatoms. The van der Waals surface area contributed by atoms with E-state index < -0.39 is 6.04 Å². The molecule has 4 nitrogen and oxygen atoms in total. The van der Waals surface area contributed by atoms with Gasteiger partial charge < -0.3 is 10.4 Å². The van der Waals surface area contributed by atoms with Gasteiger partial charge in [-0.15, -0.1) is 0 Å². The number of amides is 1. The van der Waals surface area contributed by atoms with Crippen molar-refractivity contribution in [2.45, 2.75) is 19.9 Å². The summed E-state index contributed by atoms with van der Waals surface area (Å²) in [5.74, 6) is -0.178. The summed E-state index contributed by atoms with van der Waals surface area (Å²) in [6, 6.07) is 4.98. The van der Waals surface area contributed by atoms with Crippen LogP contribution in [-0.2, 0) is 4.79 Å². The number of aromatic nitrogens is 1. The van der Waals surface area contributed by atoms with Crippen molar-refractivity contribution in [3.63, 3.8) is 0 Å². The summed E-state index contributed by atoms with van der Waals surface area (Å²) < 4.78 is 0. The maximum absolute atomic E-state index is 11.4. The SMILES string of the molecule is CC(C)C(=O)NC(CO)c1ccccn1. The van der Waals surface area contributed by atoms with Crippen LogP contribution in [0.4, 0.5) is 0 Å². The molecule has 1 amide bonds. The second kappa shape index (κ2) is 5.46. The minimum absolute atomic E-state index is 0.0836. The molecule has 82 valence electrons. The highest BCUT2D eigenvalue weighted by atomic mass is 16.3. The van der Waals surface area contributed by atoms with Gasteiger partial charge in [-0.05, 0) is 12.1 Å². The van der Waals surface area contributed by atoms with Crippen LogP contribution in [-0.4, -0.2) is 22.6 Å². The second-order valence-electron chi connectivity index (χ2n) is 3.65. The van der Waals surface area contributed by atoms with E-state index in [0.29, 0.717) is 5.69 Å². The highest BCUT2D eigenvalue weighted by molar-refractivity contribution is 5.78. The lowest BCUT2D eigenvalue weighted by Gasteiger charge is -2.16. The van der Waals surface area contributed by atoms with Crippen molar-refractivity contribution in [3.8, 4) is 0 Å². The number of hydrogen-bond acceptors (Lipinski definition) is 3. The second-order valence-corrected chi connectivity index (χ2v) is 3.65. The zero-order valence-electron chi connectivity index (χ0n) is 8.97. The molecule has 0 aliphatic rings. The lowest BCUT2D eigenvalue weighted by molar-refractivity contribution is -0.125. The van der Waals surface area contributed by atoms with Crippen LogP contribution in [0.15, 0.2) is 24.4 Å². The molecule has 0 aliphatic heterocycles. The maximum Gasteiger partial charge on any atom is 0.223 e. The Morgan fingerprint density at radius 2 is 2.27 bits per heavy atom. The molecule has 2 N–H and O–H groups in total. The van der Waals surface area contributed by atoms with Crippen LogP contribution in [0.1, 0.15) is 25.6 Å². The highest BCUT2D eigenvalue weighted by Gasteiger charge is 2.16. The van der Waals surface area contributed by atoms with E-state index in [1.54, 1.807) is 18.3 Å². The zero-order chi connectivity index (χ0) is 11.3. The van der Waals surface area contributed by atoms with Gasteiger partial charge >= 0.3 is 0 Å². The van der Waals surface area contributed by atoms with Gasteiger partial charge in [-0.3, -0.25) is 9.78 Å². The number of hydrogen-bond donors (Lipinski definition) is 2. The Morgan fingerprint density at radius 1 is 1.53 bits per heavy atom. The Kier molecular flexibility index (Phi) is 4.24. The van der Waals surface area contributed by atoms with E-state index >= 15 is 0 Å². The molecular weight excluding hydrogens is 192 g/mol. The van der Waals surface area contributed by atoms with Gasteiger partial charge in [0.25, 0.3) is 0 Å². The summed E-state index contributed by atoms with van der Waals surface area (Å²) in [6.07, 6.45) is 1.64. The number of carbonyl (C=O) groups excluding carboxylic acids is 1. The highest BCUT2D eigenvalue weighted by Crippen LogP contribution is 2.09. The van der Waals surface area contributed by atoms with Gasteiger partial charge in [-0.25, -0.2) is 0 Å². The number of carbonyl (C=O) groups is 1. The van der Waals surface area contributed by atoms with E-state index in [4.69, 9.17) is 5.11 Å². The van der Waals surface area contributed by atoms with Crippen LogP contribution in [0.25, 0.3) is 0 Å². The Bertz CT molecular complexity index is 312. The standard InChI is InChI=1S/C11H16N2O2/c1-8(2)11(15)13-10(7-14)9-5-3-4-6-12-9/h3-6,8,10,14H,7H2,1-2H3,(H,13,15). The molecule has 15 heavy (non-hydrogen) atoms. The van der Waals surface area contributed by atoms with Crippen molar-refractivity contribution in [1.82, 2.24) is 10.3 Å². The average molecular weight is 208 g/mol. The first-order valence-corrected chi connectivity index (χ1v) is 4.97. The van der Waals surface area contributed by atoms with Gasteiger partial charge in [0.05, 0.1) is 18.3 Å². The van der Waals surface area contributed by atoms with Crippen LogP contribution >= 0.6 is 0 Å². The predicted molar refractivity (Wildman–Crippen MR) is 57.0 cm³/mol. The number of rotatable bonds is 4. The molecule has 0 aromatic carbocycles. The van der Waals surface area contributed by atoms with Gasteiger partial charge in [0, 0.05) is 12.1 Å². The maximum atomic E-state index is 11.4. The Labute approximate surface area is 89.3 Å². The molecule has 0 spiro atoms. The fraction of sp³-hybridized carbons (Fsp3) is 0.455. The predicted octanol–water partition coefficient (Wildman–Crippen LogP) is 0.887. The molecule has 1 heterocycles. The van der Waals surface area contributed by atoms with Crippen molar-refractivity contribution in [3.05, 3.63) is 30.1 Å². The first-order valence-electron chi connectivity index (χ1n) is 4.97. The summed E-state index contributed by atoms with van der Waals surface area (Å²) in [5.41, 5.74) is 0.675. The van der Waals surface area contributed by atoms with Crippen LogP contribution < -0.4 is 5.32 Å². The third-order valence-electron chi connectivity index (χ3n) is 2.07. The third-order valence-corrected chi connectivity index (χ3v) is 2.07. The molecule has 0 saturated heterocycles. The normalized spacial score (nSPS) is 12.5. The molecule has 0 radical (unpaired) electrons. The summed E-state index contributed by atoms with van der Waals surface area (Å²) in [6.45, 7) is 3.47. The van der Waals surface area contributed by atoms with Crippen molar-refractivity contribution >= 4 is 5.91 Å². The molecule has 1 aromatic heterocycles. The lowest BCUT2D eigenvalue weighted by Crippen LogP contribution is -2.34. The molecule has 1 unspecified atom stereocenters. The number of pyridine rings is 1. The Hall–Kier alpha value is -1.42. The summed E-state index contributed by atoms with van der Waals surface area (Å²) >= 11 is 0. The average Bonchev–Trinajstić information content (AvgIpc) is 2.26. The van der Waals surface area contributed by atoms with Crippen LogP contribution in [0.5, 0.6) is 0 Å². The fourth-order valence-corrected chi connectivity index (χ4v) is 1.13. The number of nitrogens with zero attached hydrogens (tertiary/aromatic N) is 1. The fourth-order valence-electron chi connectivity index (χ4n) is 1.13. The number of aliphatic hydroxyl groups excluding tert-OH is 1. The quantitative estimate of drug-likeness (QED) is 0.772. The molecule has 1 rings (SSSR count). The van der Waals surface area contributed by atoms with E-state index in [0.717, 1.165) is 0 Å². The molecule has 0 saturated carbocycles. The van der Waals surface area contributed by atoms with Crippen molar-refractivity contribution in [2.24, 2.45) is 5.92 Å². The number of nitrogens with one attached hydrogen (secondary N) is 1. The van der Waals surface area contributed by atoms with Gasteiger partial charge in [0.2, 0.25) is 5.91 Å². The molecular formula is C11H16N2O2. The van der Waals surface area contributed by atoms with Crippen molar-refractivity contribution in [2.75, 3.05) is 6.61 Å². The van der Waals surface area contributed by atoms with E-state index in [-0.39, 0.29) is 18.4 Å². The molecule has 1 aromatic rings. The van der Waals surface area contributed by atoms with E-state index in [1.165, 1.54) is 0 Å². The monoisotopic (exact) mass is 208 g/mol. The Morgan fingerprint density at radius 3 is 2.73 bits per heavy atom. The molecule has 0 bridgehead atoms. The minimum Gasteiger partial charge on any atom is -0.394 e. The van der Waals surface area contributed by atoms with Crippen LogP contribution in [0.3, 0.4) is 0 Å². The summed E-state index contributed by atoms with van der Waals surface area (Å²) in [4.78, 5) is 15.5. The van der Waals surface area contributed by atoms with E-state index in [1.807, 2.05) is 19.9 Å². The third kappa shape index (κ3) is 3.32. The van der Waals surface area contributed by atoms with Crippen molar-refractivity contribution < 1.29 is 9.90 Å².